The molecule has 3 nitrogen and oxygen atoms in total. The first-order chi connectivity index (χ1) is 9.08. The van der Waals surface area contributed by atoms with Gasteiger partial charge in [-0.05, 0) is 30.7 Å². The maximum absolute atomic E-state index is 11.2. The normalized spacial score (nSPS) is 11.9. The lowest BCUT2D eigenvalue weighted by molar-refractivity contribution is 0.0698. The number of carbonyl (C=O) groups is 1. The summed E-state index contributed by atoms with van der Waals surface area (Å²) in [5.74, 6) is -0.935. The molecular weight excluding hydrogens is 306 g/mol. The zero-order chi connectivity index (χ0) is 13.8. The Morgan fingerprint density at radius 1 is 1.21 bits per heavy atom. The second kappa shape index (κ2) is 5.89. The third-order valence-corrected chi connectivity index (χ3v) is 3.38. The summed E-state index contributed by atoms with van der Waals surface area (Å²) < 4.78 is 0.847. The first kappa shape index (κ1) is 13.6. The number of nitrogens with one attached hydrogen (secondary N) is 1. The monoisotopic (exact) mass is 319 g/mol. The minimum Gasteiger partial charge on any atom is -0.478 e. The fraction of sp³-hybridized carbons (Fsp3) is 0.133. The standard InChI is InChI=1S/C15H14BrNO2/c1-10(11-5-3-2-4-6-11)17-14-9-12(16)7-8-13(14)15(18)19/h2-10,17H,1H3,(H,18,19). The van der Waals surface area contributed by atoms with Crippen molar-refractivity contribution in [2.45, 2.75) is 13.0 Å². The van der Waals surface area contributed by atoms with Crippen LogP contribution in [0.15, 0.2) is 53.0 Å². The maximum atomic E-state index is 11.2. The largest absolute Gasteiger partial charge is 0.478 e. The van der Waals surface area contributed by atoms with E-state index in [4.69, 9.17) is 0 Å². The molecule has 0 bridgehead atoms. The van der Waals surface area contributed by atoms with Crippen LogP contribution in [0.2, 0.25) is 0 Å². The quantitative estimate of drug-likeness (QED) is 0.882. The van der Waals surface area contributed by atoms with Gasteiger partial charge in [0, 0.05) is 10.5 Å². The Morgan fingerprint density at radius 2 is 1.89 bits per heavy atom. The number of rotatable bonds is 4. The second-order valence-electron chi connectivity index (χ2n) is 4.27. The lowest BCUT2D eigenvalue weighted by Gasteiger charge is -2.17. The molecule has 2 aromatic carbocycles. The van der Waals surface area contributed by atoms with E-state index in [2.05, 4.69) is 21.2 Å². The molecule has 1 unspecified atom stereocenters. The fourth-order valence-corrected chi connectivity index (χ4v) is 2.24. The van der Waals surface area contributed by atoms with E-state index in [1.165, 1.54) is 0 Å². The van der Waals surface area contributed by atoms with Crippen molar-refractivity contribution in [1.82, 2.24) is 0 Å². The van der Waals surface area contributed by atoms with Gasteiger partial charge in [0.25, 0.3) is 0 Å². The average Bonchev–Trinajstić information content (AvgIpc) is 2.39. The Balaban J connectivity index is 2.28. The third kappa shape index (κ3) is 3.35. The van der Waals surface area contributed by atoms with Gasteiger partial charge in [-0.3, -0.25) is 0 Å². The van der Waals surface area contributed by atoms with Gasteiger partial charge in [-0.2, -0.15) is 0 Å². The molecule has 0 heterocycles. The predicted octanol–water partition coefficient (Wildman–Crippen LogP) is 4.32. The SMILES string of the molecule is CC(Nc1cc(Br)ccc1C(=O)O)c1ccccc1. The van der Waals surface area contributed by atoms with Crippen LogP contribution in [0, 0.1) is 0 Å². The first-order valence-corrected chi connectivity index (χ1v) is 6.71. The number of anilines is 1. The molecule has 0 aliphatic heterocycles. The summed E-state index contributed by atoms with van der Waals surface area (Å²) in [6.45, 7) is 2.00. The molecule has 0 saturated heterocycles. The van der Waals surface area contributed by atoms with E-state index in [9.17, 15) is 9.90 Å². The highest BCUT2D eigenvalue weighted by molar-refractivity contribution is 9.10. The van der Waals surface area contributed by atoms with Crippen LogP contribution in [-0.4, -0.2) is 11.1 Å². The Hall–Kier alpha value is -1.81. The molecule has 98 valence electrons. The Bertz CT molecular complexity index is 584. The summed E-state index contributed by atoms with van der Waals surface area (Å²) in [4.78, 5) is 11.2. The Morgan fingerprint density at radius 3 is 2.53 bits per heavy atom. The van der Waals surface area contributed by atoms with E-state index in [0.29, 0.717) is 5.69 Å². The van der Waals surface area contributed by atoms with Gasteiger partial charge in [0.15, 0.2) is 0 Å². The molecule has 2 aromatic rings. The molecule has 19 heavy (non-hydrogen) atoms. The number of halogens is 1. The van der Waals surface area contributed by atoms with Crippen LogP contribution in [0.4, 0.5) is 5.69 Å². The molecular formula is C15H14BrNO2. The van der Waals surface area contributed by atoms with Gasteiger partial charge in [-0.15, -0.1) is 0 Å². The highest BCUT2D eigenvalue weighted by atomic mass is 79.9. The molecule has 1 atom stereocenters. The van der Waals surface area contributed by atoms with E-state index in [1.54, 1.807) is 18.2 Å². The van der Waals surface area contributed by atoms with Gasteiger partial charge in [-0.25, -0.2) is 4.79 Å². The lowest BCUT2D eigenvalue weighted by atomic mass is 10.1. The van der Waals surface area contributed by atoms with Crippen molar-refractivity contribution >= 4 is 27.6 Å². The number of aromatic carboxylic acids is 1. The number of benzene rings is 2. The van der Waals surface area contributed by atoms with Crippen molar-refractivity contribution in [1.29, 1.82) is 0 Å². The summed E-state index contributed by atoms with van der Waals surface area (Å²) in [7, 11) is 0. The molecule has 0 aromatic heterocycles. The maximum Gasteiger partial charge on any atom is 0.337 e. The molecule has 0 fully saturated rings. The first-order valence-electron chi connectivity index (χ1n) is 5.92. The minimum absolute atomic E-state index is 0.0357. The molecule has 4 heteroatoms. The van der Waals surface area contributed by atoms with Crippen LogP contribution < -0.4 is 5.32 Å². The zero-order valence-electron chi connectivity index (χ0n) is 10.4. The van der Waals surface area contributed by atoms with Crippen molar-refractivity contribution in [2.24, 2.45) is 0 Å². The predicted molar refractivity (Wildman–Crippen MR) is 79.6 cm³/mol. The van der Waals surface area contributed by atoms with Crippen LogP contribution in [0.5, 0.6) is 0 Å². The van der Waals surface area contributed by atoms with Crippen LogP contribution in [-0.2, 0) is 0 Å². The highest BCUT2D eigenvalue weighted by Crippen LogP contribution is 2.25. The summed E-state index contributed by atoms with van der Waals surface area (Å²) in [5, 5.41) is 12.4. The van der Waals surface area contributed by atoms with Crippen LogP contribution in [0.25, 0.3) is 0 Å². The molecule has 0 aliphatic carbocycles. The van der Waals surface area contributed by atoms with Gasteiger partial charge in [0.2, 0.25) is 0 Å². The summed E-state index contributed by atoms with van der Waals surface area (Å²) in [5.41, 5.74) is 1.99. The molecule has 0 aliphatic rings. The number of hydrogen-bond acceptors (Lipinski definition) is 2. The highest BCUT2D eigenvalue weighted by Gasteiger charge is 2.13. The van der Waals surface area contributed by atoms with E-state index >= 15 is 0 Å². The Kier molecular flexibility index (Phi) is 4.22. The van der Waals surface area contributed by atoms with E-state index < -0.39 is 5.97 Å². The number of carboxylic acid groups (broad SMARTS) is 1. The van der Waals surface area contributed by atoms with E-state index in [1.807, 2.05) is 37.3 Å². The summed E-state index contributed by atoms with van der Waals surface area (Å²) >= 11 is 3.36. The van der Waals surface area contributed by atoms with Crippen molar-refractivity contribution in [3.63, 3.8) is 0 Å². The fourth-order valence-electron chi connectivity index (χ4n) is 1.88. The summed E-state index contributed by atoms with van der Waals surface area (Å²) in [6.07, 6.45) is 0. The third-order valence-electron chi connectivity index (χ3n) is 2.88. The second-order valence-corrected chi connectivity index (χ2v) is 5.19. The van der Waals surface area contributed by atoms with Crippen molar-refractivity contribution < 1.29 is 9.90 Å². The Labute approximate surface area is 120 Å². The van der Waals surface area contributed by atoms with Gasteiger partial charge in [-0.1, -0.05) is 46.3 Å². The summed E-state index contributed by atoms with van der Waals surface area (Å²) in [6, 6.07) is 15.0. The number of hydrogen-bond donors (Lipinski definition) is 2. The van der Waals surface area contributed by atoms with Gasteiger partial charge in [0.05, 0.1) is 11.3 Å². The van der Waals surface area contributed by atoms with E-state index in [-0.39, 0.29) is 11.6 Å². The smallest absolute Gasteiger partial charge is 0.337 e. The zero-order valence-corrected chi connectivity index (χ0v) is 12.0. The van der Waals surface area contributed by atoms with Gasteiger partial charge in [0.1, 0.15) is 0 Å². The van der Waals surface area contributed by atoms with Crippen LogP contribution in [0.3, 0.4) is 0 Å². The molecule has 0 amide bonds. The van der Waals surface area contributed by atoms with Crippen LogP contribution >= 0.6 is 15.9 Å². The van der Waals surface area contributed by atoms with Gasteiger partial charge < -0.3 is 10.4 Å². The van der Waals surface area contributed by atoms with E-state index in [0.717, 1.165) is 10.0 Å². The van der Waals surface area contributed by atoms with Crippen molar-refractivity contribution in [2.75, 3.05) is 5.32 Å². The molecule has 0 saturated carbocycles. The number of carboxylic acids is 1. The topological polar surface area (TPSA) is 49.3 Å². The lowest BCUT2D eigenvalue weighted by Crippen LogP contribution is -2.10. The van der Waals surface area contributed by atoms with Gasteiger partial charge >= 0.3 is 5.97 Å². The van der Waals surface area contributed by atoms with Crippen molar-refractivity contribution in [3.8, 4) is 0 Å². The molecule has 0 spiro atoms. The average molecular weight is 320 g/mol. The minimum atomic E-state index is -0.935. The molecule has 2 rings (SSSR count). The van der Waals surface area contributed by atoms with Crippen molar-refractivity contribution in [3.05, 3.63) is 64.1 Å². The molecule has 2 N–H and O–H groups in total. The van der Waals surface area contributed by atoms with Crippen LogP contribution in [0.1, 0.15) is 28.9 Å². The molecule has 0 radical (unpaired) electrons.